The number of hydrogen-bond acceptors (Lipinski definition) is 4. The zero-order chi connectivity index (χ0) is 15.3. The lowest BCUT2D eigenvalue weighted by Gasteiger charge is -2.30. The van der Waals surface area contributed by atoms with Crippen molar-refractivity contribution < 1.29 is 14.3 Å². The van der Waals surface area contributed by atoms with Gasteiger partial charge in [0.15, 0.2) is 0 Å². The monoisotopic (exact) mass is 292 g/mol. The topological polar surface area (TPSA) is 64.8 Å². The summed E-state index contributed by atoms with van der Waals surface area (Å²) >= 11 is 0. The van der Waals surface area contributed by atoms with E-state index in [-0.39, 0.29) is 11.9 Å². The largest absolute Gasteiger partial charge is 0.494 e. The molecule has 5 nitrogen and oxygen atoms in total. The van der Waals surface area contributed by atoms with Crippen LogP contribution in [0.5, 0.6) is 5.75 Å². The van der Waals surface area contributed by atoms with Crippen molar-refractivity contribution in [2.24, 2.45) is 11.1 Å². The molecular weight excluding hydrogens is 268 g/mol. The van der Waals surface area contributed by atoms with Gasteiger partial charge in [0.1, 0.15) is 5.75 Å². The van der Waals surface area contributed by atoms with Gasteiger partial charge in [-0.15, -0.1) is 0 Å². The Morgan fingerprint density at radius 2 is 2.19 bits per heavy atom. The number of amides is 1. The van der Waals surface area contributed by atoms with Crippen molar-refractivity contribution in [1.29, 1.82) is 0 Å². The van der Waals surface area contributed by atoms with Gasteiger partial charge in [-0.2, -0.15) is 0 Å². The highest BCUT2D eigenvalue weighted by molar-refractivity contribution is 5.83. The molecule has 0 saturated carbocycles. The van der Waals surface area contributed by atoms with Crippen LogP contribution in [0.25, 0.3) is 0 Å². The van der Waals surface area contributed by atoms with Crippen LogP contribution in [0.1, 0.15) is 13.3 Å². The Balaban J connectivity index is 1.74. The Morgan fingerprint density at radius 1 is 1.48 bits per heavy atom. The van der Waals surface area contributed by atoms with Gasteiger partial charge in [-0.1, -0.05) is 18.2 Å². The lowest BCUT2D eigenvalue weighted by Crippen LogP contribution is -2.50. The number of nitrogens with zero attached hydrogens (tertiary/aromatic N) is 1. The highest BCUT2D eigenvalue weighted by Gasteiger charge is 2.45. The summed E-state index contributed by atoms with van der Waals surface area (Å²) in [6.07, 6.45) is 0.781. The van der Waals surface area contributed by atoms with Gasteiger partial charge in [-0.25, -0.2) is 0 Å². The molecule has 1 heterocycles. The lowest BCUT2D eigenvalue weighted by atomic mass is 9.84. The molecule has 2 atom stereocenters. The average Bonchev–Trinajstić information content (AvgIpc) is 2.84. The Bertz CT molecular complexity index is 466. The van der Waals surface area contributed by atoms with Crippen LogP contribution in [0.15, 0.2) is 30.3 Å². The molecule has 2 unspecified atom stereocenters. The highest BCUT2D eigenvalue weighted by Crippen LogP contribution is 2.29. The third kappa shape index (κ3) is 3.74. The van der Waals surface area contributed by atoms with Crippen LogP contribution < -0.4 is 10.5 Å². The summed E-state index contributed by atoms with van der Waals surface area (Å²) in [6.45, 7) is 3.96. The van der Waals surface area contributed by atoms with Gasteiger partial charge in [0.05, 0.1) is 25.2 Å². The standard InChI is InChI=1S/C16H24N2O3/c1-16(12-20-11-14(16)17)15(19)18(2)9-6-10-21-13-7-4-3-5-8-13/h3-5,7-8,14H,6,9-12,17H2,1-2H3. The molecule has 1 aromatic rings. The molecule has 21 heavy (non-hydrogen) atoms. The van der Waals surface area contributed by atoms with Crippen LogP contribution >= 0.6 is 0 Å². The maximum Gasteiger partial charge on any atom is 0.232 e. The highest BCUT2D eigenvalue weighted by atomic mass is 16.5. The van der Waals surface area contributed by atoms with Gasteiger partial charge in [0, 0.05) is 19.6 Å². The Morgan fingerprint density at radius 3 is 2.81 bits per heavy atom. The summed E-state index contributed by atoms with van der Waals surface area (Å²) in [7, 11) is 1.81. The first-order chi connectivity index (χ1) is 10.0. The number of benzene rings is 1. The summed E-state index contributed by atoms with van der Waals surface area (Å²) in [5.41, 5.74) is 5.38. The molecule has 0 aromatic heterocycles. The minimum Gasteiger partial charge on any atom is -0.494 e. The van der Waals surface area contributed by atoms with E-state index in [0.29, 0.717) is 26.4 Å². The van der Waals surface area contributed by atoms with E-state index in [2.05, 4.69) is 0 Å². The summed E-state index contributed by atoms with van der Waals surface area (Å²) in [5.74, 6) is 0.900. The van der Waals surface area contributed by atoms with E-state index in [0.717, 1.165) is 12.2 Å². The van der Waals surface area contributed by atoms with E-state index < -0.39 is 5.41 Å². The zero-order valence-corrected chi connectivity index (χ0v) is 12.7. The van der Waals surface area contributed by atoms with Gasteiger partial charge in [0.25, 0.3) is 0 Å². The summed E-state index contributed by atoms with van der Waals surface area (Å²) < 4.78 is 11.0. The predicted octanol–water partition coefficient (Wildman–Crippen LogP) is 1.28. The number of hydrogen-bond donors (Lipinski definition) is 1. The van der Waals surface area contributed by atoms with E-state index in [9.17, 15) is 4.79 Å². The van der Waals surface area contributed by atoms with Crippen LogP contribution in [-0.2, 0) is 9.53 Å². The summed E-state index contributed by atoms with van der Waals surface area (Å²) in [4.78, 5) is 14.2. The van der Waals surface area contributed by atoms with Gasteiger partial charge < -0.3 is 20.1 Å². The van der Waals surface area contributed by atoms with Crippen LogP contribution in [0.2, 0.25) is 0 Å². The van der Waals surface area contributed by atoms with E-state index in [1.165, 1.54) is 0 Å². The van der Waals surface area contributed by atoms with E-state index >= 15 is 0 Å². The molecule has 0 radical (unpaired) electrons. The quantitative estimate of drug-likeness (QED) is 0.802. The summed E-state index contributed by atoms with van der Waals surface area (Å²) in [5, 5.41) is 0. The molecule has 116 valence electrons. The molecule has 0 spiro atoms. The van der Waals surface area contributed by atoms with Gasteiger partial charge in [-0.05, 0) is 25.5 Å². The molecule has 1 saturated heterocycles. The fourth-order valence-corrected chi connectivity index (χ4v) is 2.46. The van der Waals surface area contributed by atoms with Crippen LogP contribution in [-0.4, -0.2) is 50.3 Å². The predicted molar refractivity (Wildman–Crippen MR) is 81.1 cm³/mol. The van der Waals surface area contributed by atoms with Crippen molar-refractivity contribution in [1.82, 2.24) is 4.90 Å². The second kappa shape index (κ2) is 6.91. The maximum atomic E-state index is 12.5. The van der Waals surface area contributed by atoms with Crippen molar-refractivity contribution in [3.8, 4) is 5.75 Å². The number of ether oxygens (including phenoxy) is 2. The molecule has 0 bridgehead atoms. The molecule has 2 rings (SSSR count). The molecule has 5 heteroatoms. The first-order valence-electron chi connectivity index (χ1n) is 7.31. The normalized spacial score (nSPS) is 24.8. The van der Waals surface area contributed by atoms with E-state index in [4.69, 9.17) is 15.2 Å². The molecule has 1 aromatic carbocycles. The van der Waals surface area contributed by atoms with Crippen molar-refractivity contribution >= 4 is 5.91 Å². The second-order valence-electron chi connectivity index (χ2n) is 5.78. The zero-order valence-electron chi connectivity index (χ0n) is 12.7. The molecule has 0 aliphatic carbocycles. The number of carbonyl (C=O) groups is 1. The molecule has 1 aliphatic heterocycles. The third-order valence-electron chi connectivity index (χ3n) is 4.00. The molecule has 2 N–H and O–H groups in total. The molecule has 1 aliphatic rings. The van der Waals surface area contributed by atoms with Crippen molar-refractivity contribution in [3.05, 3.63) is 30.3 Å². The number of nitrogens with two attached hydrogens (primary N) is 1. The number of rotatable bonds is 6. The van der Waals surface area contributed by atoms with Crippen LogP contribution in [0, 0.1) is 5.41 Å². The van der Waals surface area contributed by atoms with E-state index in [1.54, 1.807) is 11.9 Å². The molecular formula is C16H24N2O3. The Hall–Kier alpha value is -1.59. The van der Waals surface area contributed by atoms with Crippen molar-refractivity contribution in [2.45, 2.75) is 19.4 Å². The fourth-order valence-electron chi connectivity index (χ4n) is 2.46. The van der Waals surface area contributed by atoms with Crippen molar-refractivity contribution in [3.63, 3.8) is 0 Å². The number of carbonyl (C=O) groups excluding carboxylic acids is 1. The second-order valence-corrected chi connectivity index (χ2v) is 5.78. The first-order valence-corrected chi connectivity index (χ1v) is 7.31. The average molecular weight is 292 g/mol. The van der Waals surface area contributed by atoms with Crippen molar-refractivity contribution in [2.75, 3.05) is 33.4 Å². The first kappa shape index (κ1) is 15.8. The summed E-state index contributed by atoms with van der Waals surface area (Å²) in [6, 6.07) is 9.44. The minimum atomic E-state index is -0.602. The minimum absolute atomic E-state index is 0.0483. The molecule has 1 amide bonds. The van der Waals surface area contributed by atoms with Crippen LogP contribution in [0.4, 0.5) is 0 Å². The van der Waals surface area contributed by atoms with Crippen LogP contribution in [0.3, 0.4) is 0 Å². The van der Waals surface area contributed by atoms with Gasteiger partial charge in [0.2, 0.25) is 5.91 Å². The van der Waals surface area contributed by atoms with Gasteiger partial charge in [-0.3, -0.25) is 4.79 Å². The molecule has 1 fully saturated rings. The third-order valence-corrected chi connectivity index (χ3v) is 4.00. The SMILES string of the molecule is CN(CCCOc1ccccc1)C(=O)C1(C)COCC1N. The Kier molecular flexibility index (Phi) is 5.20. The maximum absolute atomic E-state index is 12.5. The lowest BCUT2D eigenvalue weighted by molar-refractivity contribution is -0.140. The van der Waals surface area contributed by atoms with E-state index in [1.807, 2.05) is 37.3 Å². The Labute approximate surface area is 126 Å². The van der Waals surface area contributed by atoms with Gasteiger partial charge >= 0.3 is 0 Å². The smallest absolute Gasteiger partial charge is 0.232 e. The fraction of sp³-hybridized carbons (Fsp3) is 0.562. The number of para-hydroxylation sites is 1.